The molecule has 0 unspecified atom stereocenters. The van der Waals surface area contributed by atoms with Gasteiger partial charge in [0.2, 0.25) is 0 Å². The standard InChI is InChI=1S/C30H41N/c1-2-8-25-16-20-29(21-17-25)30-22-18-28(19-23-30)15-14-27-12-10-26(11-13-27)9-6-4-3-5-7-24-31/h3-5,7,14-17,20-21,26-28,30H,2,6,8-13,18-19,22-23H2,1H3/b4-3?,7-5?,15-14+. The Morgan fingerprint density at radius 2 is 1.52 bits per heavy atom. The summed E-state index contributed by atoms with van der Waals surface area (Å²) in [5.41, 5.74) is 3.05. The summed E-state index contributed by atoms with van der Waals surface area (Å²) in [6, 6.07) is 11.5. The summed E-state index contributed by atoms with van der Waals surface area (Å²) in [4.78, 5) is 0. The second-order valence-electron chi connectivity index (χ2n) is 9.76. The summed E-state index contributed by atoms with van der Waals surface area (Å²) in [6.07, 6.45) is 28.6. The Morgan fingerprint density at radius 1 is 0.871 bits per heavy atom. The Labute approximate surface area is 191 Å². The van der Waals surface area contributed by atoms with Crippen LogP contribution < -0.4 is 0 Å². The molecule has 0 aromatic heterocycles. The molecule has 0 spiro atoms. The molecule has 0 amide bonds. The molecule has 166 valence electrons. The van der Waals surface area contributed by atoms with Gasteiger partial charge in [0.25, 0.3) is 0 Å². The minimum absolute atomic E-state index is 0.778. The number of hydrogen-bond acceptors (Lipinski definition) is 1. The second-order valence-corrected chi connectivity index (χ2v) is 9.76. The van der Waals surface area contributed by atoms with Crippen LogP contribution in [0.5, 0.6) is 0 Å². The predicted molar refractivity (Wildman–Crippen MR) is 133 cm³/mol. The molecule has 0 N–H and O–H groups in total. The second kappa shape index (κ2) is 13.4. The summed E-state index contributed by atoms with van der Waals surface area (Å²) in [6.45, 7) is 2.26. The third kappa shape index (κ3) is 8.17. The van der Waals surface area contributed by atoms with Gasteiger partial charge in [0, 0.05) is 6.08 Å². The lowest BCUT2D eigenvalue weighted by molar-refractivity contribution is 0.295. The largest absolute Gasteiger partial charge is 0.193 e. The Balaban J connectivity index is 1.33. The van der Waals surface area contributed by atoms with Crippen molar-refractivity contribution in [1.29, 1.82) is 5.26 Å². The first-order chi connectivity index (χ1) is 15.3. The molecule has 0 saturated heterocycles. The number of aryl methyl sites for hydroxylation is 1. The SMILES string of the molecule is CCCc1ccc(C2CCC(/C=C/C3CCC(CCC=CC=CC#N)CC3)CC2)cc1. The topological polar surface area (TPSA) is 23.8 Å². The maximum absolute atomic E-state index is 8.48. The Morgan fingerprint density at radius 3 is 2.13 bits per heavy atom. The van der Waals surface area contributed by atoms with Gasteiger partial charge in [-0.25, -0.2) is 0 Å². The van der Waals surface area contributed by atoms with Gasteiger partial charge in [-0.05, 0) is 105 Å². The van der Waals surface area contributed by atoms with E-state index in [1.807, 2.05) is 18.2 Å². The van der Waals surface area contributed by atoms with Crippen molar-refractivity contribution in [2.45, 2.75) is 89.9 Å². The quantitative estimate of drug-likeness (QED) is 0.225. The van der Waals surface area contributed by atoms with E-state index in [1.165, 1.54) is 82.3 Å². The molecule has 0 aliphatic heterocycles. The first kappa shape index (κ1) is 23.6. The van der Waals surface area contributed by atoms with E-state index in [0.717, 1.165) is 30.1 Å². The Hall–Kier alpha value is -2.07. The lowest BCUT2D eigenvalue weighted by atomic mass is 9.77. The van der Waals surface area contributed by atoms with Gasteiger partial charge >= 0.3 is 0 Å². The molecule has 0 radical (unpaired) electrons. The number of rotatable bonds is 9. The van der Waals surface area contributed by atoms with Crippen LogP contribution in [0, 0.1) is 29.1 Å². The zero-order valence-electron chi connectivity index (χ0n) is 19.5. The number of nitriles is 1. The van der Waals surface area contributed by atoms with Gasteiger partial charge in [-0.2, -0.15) is 5.26 Å². The maximum Gasteiger partial charge on any atom is 0.0912 e. The summed E-state index contributed by atoms with van der Waals surface area (Å²) in [7, 11) is 0. The molecular weight excluding hydrogens is 374 g/mol. The molecule has 1 heteroatoms. The van der Waals surface area contributed by atoms with Crippen LogP contribution in [0.25, 0.3) is 0 Å². The van der Waals surface area contributed by atoms with Crippen molar-refractivity contribution in [2.75, 3.05) is 0 Å². The van der Waals surface area contributed by atoms with Crippen molar-refractivity contribution in [1.82, 2.24) is 0 Å². The zero-order valence-corrected chi connectivity index (χ0v) is 19.5. The highest BCUT2D eigenvalue weighted by Crippen LogP contribution is 2.38. The van der Waals surface area contributed by atoms with Gasteiger partial charge in [-0.1, -0.05) is 68.0 Å². The molecule has 0 atom stereocenters. The van der Waals surface area contributed by atoms with Crippen LogP contribution in [-0.2, 0) is 6.42 Å². The van der Waals surface area contributed by atoms with Crippen molar-refractivity contribution in [3.63, 3.8) is 0 Å². The first-order valence-electron chi connectivity index (χ1n) is 12.8. The molecule has 2 fully saturated rings. The molecule has 0 bridgehead atoms. The summed E-state index contributed by atoms with van der Waals surface area (Å²) >= 11 is 0. The minimum Gasteiger partial charge on any atom is -0.193 e. The van der Waals surface area contributed by atoms with Crippen molar-refractivity contribution < 1.29 is 0 Å². The molecule has 3 rings (SSSR count). The fourth-order valence-corrected chi connectivity index (χ4v) is 5.48. The fraction of sp³-hybridized carbons (Fsp3) is 0.567. The molecule has 31 heavy (non-hydrogen) atoms. The molecule has 0 heterocycles. The van der Waals surface area contributed by atoms with E-state index in [4.69, 9.17) is 5.26 Å². The minimum atomic E-state index is 0.778. The third-order valence-electron chi connectivity index (χ3n) is 7.47. The van der Waals surface area contributed by atoms with Crippen molar-refractivity contribution in [2.24, 2.45) is 17.8 Å². The number of hydrogen-bond donors (Lipinski definition) is 0. The van der Waals surface area contributed by atoms with Crippen LogP contribution in [0.2, 0.25) is 0 Å². The highest BCUT2D eigenvalue weighted by molar-refractivity contribution is 5.26. The molecule has 1 aromatic rings. The fourth-order valence-electron chi connectivity index (χ4n) is 5.48. The number of allylic oxidation sites excluding steroid dienone is 6. The van der Waals surface area contributed by atoms with Crippen LogP contribution >= 0.6 is 0 Å². The predicted octanol–water partition coefficient (Wildman–Crippen LogP) is 8.69. The number of benzene rings is 1. The van der Waals surface area contributed by atoms with Crippen LogP contribution in [0.1, 0.15) is 94.6 Å². The lowest BCUT2D eigenvalue weighted by Crippen LogP contribution is -2.14. The summed E-state index contributed by atoms with van der Waals surface area (Å²) in [5.74, 6) is 3.29. The van der Waals surface area contributed by atoms with Gasteiger partial charge in [0.15, 0.2) is 0 Å². The van der Waals surface area contributed by atoms with E-state index >= 15 is 0 Å². The number of nitrogens with zero attached hydrogens (tertiary/aromatic N) is 1. The maximum atomic E-state index is 8.48. The van der Waals surface area contributed by atoms with Gasteiger partial charge in [-0.3, -0.25) is 0 Å². The smallest absolute Gasteiger partial charge is 0.0912 e. The summed E-state index contributed by atoms with van der Waals surface area (Å²) in [5, 5.41) is 8.48. The van der Waals surface area contributed by atoms with E-state index in [9.17, 15) is 0 Å². The van der Waals surface area contributed by atoms with Crippen LogP contribution in [0.3, 0.4) is 0 Å². The first-order valence-corrected chi connectivity index (χ1v) is 12.8. The van der Waals surface area contributed by atoms with E-state index < -0.39 is 0 Å². The normalized spacial score (nSPS) is 27.2. The van der Waals surface area contributed by atoms with Crippen LogP contribution in [0.4, 0.5) is 0 Å². The van der Waals surface area contributed by atoms with Crippen molar-refractivity contribution >= 4 is 0 Å². The van der Waals surface area contributed by atoms with Crippen LogP contribution in [0.15, 0.2) is 60.7 Å². The average Bonchev–Trinajstić information content (AvgIpc) is 2.82. The average molecular weight is 416 g/mol. The van der Waals surface area contributed by atoms with E-state index in [0.29, 0.717) is 0 Å². The van der Waals surface area contributed by atoms with Gasteiger partial charge in [0.05, 0.1) is 6.07 Å². The Bertz CT molecular complexity index is 745. The van der Waals surface area contributed by atoms with Crippen molar-refractivity contribution in [3.8, 4) is 6.07 Å². The molecule has 2 aliphatic carbocycles. The van der Waals surface area contributed by atoms with E-state index in [1.54, 1.807) is 5.56 Å². The van der Waals surface area contributed by atoms with Gasteiger partial charge < -0.3 is 0 Å². The molecule has 2 aliphatic rings. The molecule has 1 nitrogen and oxygen atoms in total. The molecular formula is C30H41N. The zero-order chi connectivity index (χ0) is 21.7. The monoisotopic (exact) mass is 415 g/mol. The lowest BCUT2D eigenvalue weighted by Gasteiger charge is -2.29. The van der Waals surface area contributed by atoms with E-state index in [2.05, 4.69) is 49.4 Å². The Kier molecular flexibility index (Phi) is 10.2. The van der Waals surface area contributed by atoms with Gasteiger partial charge in [-0.15, -0.1) is 0 Å². The highest BCUT2D eigenvalue weighted by atomic mass is 14.3. The summed E-state index contributed by atoms with van der Waals surface area (Å²) < 4.78 is 0. The van der Waals surface area contributed by atoms with Gasteiger partial charge in [0.1, 0.15) is 0 Å². The molecule has 1 aromatic carbocycles. The highest BCUT2D eigenvalue weighted by Gasteiger charge is 2.22. The third-order valence-corrected chi connectivity index (χ3v) is 7.47. The molecule has 2 saturated carbocycles. The van der Waals surface area contributed by atoms with Crippen LogP contribution in [-0.4, -0.2) is 0 Å². The van der Waals surface area contributed by atoms with E-state index in [-0.39, 0.29) is 0 Å². The van der Waals surface area contributed by atoms with Crippen molar-refractivity contribution in [3.05, 3.63) is 71.8 Å².